The third-order valence-corrected chi connectivity index (χ3v) is 11.3. The Bertz CT molecular complexity index is 2490. The highest BCUT2D eigenvalue weighted by Crippen LogP contribution is 2.46. The summed E-state index contributed by atoms with van der Waals surface area (Å²) in [5, 5.41) is 7.97. The molecule has 46 heavy (non-hydrogen) atoms. The molecule has 1 heterocycles. The van der Waals surface area contributed by atoms with Crippen LogP contribution in [-0.2, 0) is 0 Å². The van der Waals surface area contributed by atoms with Crippen LogP contribution in [0.15, 0.2) is 115 Å². The van der Waals surface area contributed by atoms with Crippen molar-refractivity contribution in [3.8, 4) is 22.3 Å². The summed E-state index contributed by atoms with van der Waals surface area (Å²) < 4.78 is 2.78. The predicted molar refractivity (Wildman–Crippen MR) is 202 cm³/mol. The van der Waals surface area contributed by atoms with Crippen LogP contribution in [0.4, 0.5) is 11.4 Å². The van der Waals surface area contributed by atoms with Gasteiger partial charge in [0.2, 0.25) is 0 Å². The molecule has 0 spiro atoms. The number of hydrogen-bond donors (Lipinski definition) is 0. The fourth-order valence-corrected chi connectivity index (χ4v) is 8.90. The van der Waals surface area contributed by atoms with Crippen LogP contribution in [0.2, 0.25) is 0 Å². The molecule has 1 unspecified atom stereocenters. The molecule has 2 heteroatoms. The van der Waals surface area contributed by atoms with Crippen LogP contribution in [0.25, 0.3) is 72.1 Å². The van der Waals surface area contributed by atoms with Crippen molar-refractivity contribution in [3.63, 3.8) is 0 Å². The van der Waals surface area contributed by atoms with Gasteiger partial charge in [0.25, 0.3) is 0 Å². The van der Waals surface area contributed by atoms with Crippen molar-refractivity contribution >= 4 is 72.6 Å². The Morgan fingerprint density at radius 1 is 0.652 bits per heavy atom. The molecule has 0 saturated heterocycles. The molecule has 0 N–H and O–H groups in total. The van der Waals surface area contributed by atoms with E-state index in [2.05, 4.69) is 152 Å². The fraction of sp³-hybridized carbons (Fsp3) is 0.136. The normalized spacial score (nSPS) is 15.4. The molecule has 0 fully saturated rings. The molecule has 2 aliphatic carbocycles. The van der Waals surface area contributed by atoms with E-state index in [9.17, 15) is 0 Å². The van der Waals surface area contributed by atoms with Crippen molar-refractivity contribution in [3.05, 3.63) is 136 Å². The first kappa shape index (κ1) is 27.4. The number of rotatable bonds is 4. The van der Waals surface area contributed by atoms with E-state index >= 15 is 0 Å². The summed E-state index contributed by atoms with van der Waals surface area (Å²) in [6, 6.07) is 41.0. The Kier molecular flexibility index (Phi) is 6.47. The number of allylic oxidation sites excluding steroid dienone is 1. The van der Waals surface area contributed by atoms with E-state index in [1.54, 1.807) is 0 Å². The minimum absolute atomic E-state index is 0.448. The topological polar surface area (TPSA) is 3.24 Å². The lowest BCUT2D eigenvalue weighted by atomic mass is 9.79. The summed E-state index contributed by atoms with van der Waals surface area (Å²) in [5.41, 5.74) is 10.4. The van der Waals surface area contributed by atoms with Gasteiger partial charge < -0.3 is 4.90 Å². The van der Waals surface area contributed by atoms with Gasteiger partial charge in [-0.3, -0.25) is 0 Å². The third-order valence-electron chi connectivity index (χ3n) is 10.1. The zero-order valence-corrected chi connectivity index (χ0v) is 27.1. The van der Waals surface area contributed by atoms with E-state index in [-0.39, 0.29) is 0 Å². The number of fused-ring (bicyclic) bond motifs is 7. The van der Waals surface area contributed by atoms with E-state index in [0.717, 1.165) is 19.3 Å². The molecule has 0 aliphatic heterocycles. The standard InChI is InChI=1S/C44H35NS/c1-28-10-9-16-39-35-14-6-5-13-31(35)25-41(44(28)39)36-22-20-33(26-40(36)32-19-18-29-11-3-4-12-30(29)24-32)45(2)34-21-23-38-37-15-7-8-17-42(37)46-43(38)27-34/h3-6,9,11-28H,7-8,10H2,1-2H3. The lowest BCUT2D eigenvalue weighted by Gasteiger charge is -2.26. The molecule has 0 radical (unpaired) electrons. The first-order chi connectivity index (χ1) is 22.6. The number of hydrogen-bond acceptors (Lipinski definition) is 2. The van der Waals surface area contributed by atoms with Crippen molar-refractivity contribution in [2.24, 2.45) is 0 Å². The van der Waals surface area contributed by atoms with Gasteiger partial charge in [0.1, 0.15) is 0 Å². The van der Waals surface area contributed by atoms with Gasteiger partial charge in [0.15, 0.2) is 0 Å². The lowest BCUT2D eigenvalue weighted by molar-refractivity contribution is 0.775. The Hall–Kier alpha value is -4.92. The van der Waals surface area contributed by atoms with Gasteiger partial charge >= 0.3 is 0 Å². The van der Waals surface area contributed by atoms with Crippen molar-refractivity contribution < 1.29 is 0 Å². The number of benzene rings is 6. The van der Waals surface area contributed by atoms with Crippen LogP contribution in [-0.4, -0.2) is 7.05 Å². The highest BCUT2D eigenvalue weighted by molar-refractivity contribution is 7.17. The van der Waals surface area contributed by atoms with Crippen molar-refractivity contribution in [1.29, 1.82) is 0 Å². The maximum absolute atomic E-state index is 2.44. The van der Waals surface area contributed by atoms with Crippen LogP contribution in [0.1, 0.15) is 43.2 Å². The van der Waals surface area contributed by atoms with Gasteiger partial charge in [-0.05, 0) is 122 Å². The molecule has 0 bridgehead atoms. The minimum atomic E-state index is 0.448. The Morgan fingerprint density at radius 2 is 1.43 bits per heavy atom. The second kappa shape index (κ2) is 10.9. The summed E-state index contributed by atoms with van der Waals surface area (Å²) in [7, 11) is 2.21. The maximum Gasteiger partial charge on any atom is 0.0422 e. The van der Waals surface area contributed by atoms with Crippen LogP contribution < -0.4 is 14.7 Å². The van der Waals surface area contributed by atoms with Gasteiger partial charge in [0, 0.05) is 33.0 Å². The molecule has 1 nitrogen and oxygen atoms in total. The van der Waals surface area contributed by atoms with Crippen LogP contribution in [0.5, 0.6) is 0 Å². The highest BCUT2D eigenvalue weighted by atomic mass is 32.1. The summed E-state index contributed by atoms with van der Waals surface area (Å²) in [6.07, 6.45) is 12.9. The molecule has 6 aromatic carbocycles. The lowest BCUT2D eigenvalue weighted by Crippen LogP contribution is -2.20. The van der Waals surface area contributed by atoms with Gasteiger partial charge in [-0.25, -0.2) is 0 Å². The van der Waals surface area contributed by atoms with E-state index < -0.39 is 0 Å². The zero-order valence-electron chi connectivity index (χ0n) is 26.3. The Morgan fingerprint density at radius 3 is 2.35 bits per heavy atom. The summed E-state index contributed by atoms with van der Waals surface area (Å²) in [6.45, 7) is 2.38. The zero-order chi connectivity index (χ0) is 30.8. The third kappa shape index (κ3) is 4.43. The van der Waals surface area contributed by atoms with Crippen LogP contribution >= 0.6 is 11.3 Å². The van der Waals surface area contributed by atoms with E-state index in [1.807, 2.05) is 11.3 Å². The Labute approximate surface area is 274 Å². The van der Waals surface area contributed by atoms with Gasteiger partial charge in [0.05, 0.1) is 0 Å². The predicted octanol–water partition coefficient (Wildman–Crippen LogP) is 11.2. The van der Waals surface area contributed by atoms with Gasteiger partial charge in [-0.1, -0.05) is 104 Å². The van der Waals surface area contributed by atoms with Crippen molar-refractivity contribution in [2.45, 2.75) is 32.1 Å². The molecule has 9 rings (SSSR count). The van der Waals surface area contributed by atoms with Crippen molar-refractivity contribution in [2.75, 3.05) is 11.9 Å². The molecule has 7 aromatic rings. The number of anilines is 2. The van der Waals surface area contributed by atoms with E-state index in [4.69, 9.17) is 0 Å². The second-order valence-corrected chi connectivity index (χ2v) is 14.0. The van der Waals surface area contributed by atoms with Crippen LogP contribution in [0, 0.1) is 0 Å². The quantitative estimate of drug-likeness (QED) is 0.192. The average molecular weight is 610 g/mol. The number of thiophene rings is 1. The maximum atomic E-state index is 2.44. The first-order valence-electron chi connectivity index (χ1n) is 16.4. The molecular formula is C44H35NS. The largest absolute Gasteiger partial charge is 0.345 e. The number of nitrogens with zero attached hydrogens (tertiary/aromatic N) is 1. The van der Waals surface area contributed by atoms with Gasteiger partial charge in [-0.2, -0.15) is 0 Å². The van der Waals surface area contributed by atoms with E-state index in [0.29, 0.717) is 5.92 Å². The molecule has 222 valence electrons. The Balaban J connectivity index is 1.25. The SMILES string of the molecule is CC1CC=Cc2c1c(-c1ccc(N(C)c3ccc4c5c(sc4c3)=CCCC=5)cc1-c1ccc3ccccc3c1)cc1ccccc21. The van der Waals surface area contributed by atoms with Gasteiger partial charge in [-0.15, -0.1) is 11.3 Å². The smallest absolute Gasteiger partial charge is 0.0422 e. The average Bonchev–Trinajstić information content (AvgIpc) is 3.48. The van der Waals surface area contributed by atoms with E-state index in [1.165, 1.54) is 86.1 Å². The minimum Gasteiger partial charge on any atom is -0.345 e. The highest BCUT2D eigenvalue weighted by Gasteiger charge is 2.23. The summed E-state index contributed by atoms with van der Waals surface area (Å²) >= 11 is 1.92. The molecule has 2 aliphatic rings. The monoisotopic (exact) mass is 609 g/mol. The molecule has 0 saturated carbocycles. The second-order valence-electron chi connectivity index (χ2n) is 12.9. The fourth-order valence-electron chi connectivity index (χ4n) is 7.69. The molecular weight excluding hydrogens is 575 g/mol. The first-order valence-corrected chi connectivity index (χ1v) is 17.3. The summed E-state index contributed by atoms with van der Waals surface area (Å²) in [5.74, 6) is 0.448. The molecule has 1 aromatic heterocycles. The van der Waals surface area contributed by atoms with Crippen LogP contribution in [0.3, 0.4) is 0 Å². The van der Waals surface area contributed by atoms with Crippen molar-refractivity contribution in [1.82, 2.24) is 0 Å². The molecule has 1 atom stereocenters. The molecule has 0 amide bonds. The summed E-state index contributed by atoms with van der Waals surface area (Å²) in [4.78, 5) is 2.35.